The molecule has 8 nitrogen and oxygen atoms in total. The minimum atomic E-state index is -4.45. The molecular formula is C34H37ClF5N5O3. The van der Waals surface area contributed by atoms with Crippen LogP contribution in [0.15, 0.2) is 54.0 Å². The van der Waals surface area contributed by atoms with E-state index in [-0.39, 0.29) is 30.9 Å². The fraction of sp³-hybridized carbons (Fsp3) is 0.294. The van der Waals surface area contributed by atoms with Gasteiger partial charge in [-0.1, -0.05) is 56.3 Å². The van der Waals surface area contributed by atoms with Crippen molar-refractivity contribution in [3.05, 3.63) is 88.0 Å². The highest BCUT2D eigenvalue weighted by molar-refractivity contribution is 6.33. The van der Waals surface area contributed by atoms with Crippen LogP contribution in [0, 0.1) is 36.8 Å². The number of carboxylic acid groups (broad SMARTS) is 1. The van der Waals surface area contributed by atoms with Crippen LogP contribution in [0.3, 0.4) is 0 Å². The van der Waals surface area contributed by atoms with Gasteiger partial charge in [0.1, 0.15) is 24.2 Å². The molecule has 48 heavy (non-hydrogen) atoms. The fourth-order valence-corrected chi connectivity index (χ4v) is 4.67. The number of nitrogens with one attached hydrogen (secondary N) is 2. The first-order valence-electron chi connectivity index (χ1n) is 14.5. The monoisotopic (exact) mass is 693 g/mol. The van der Waals surface area contributed by atoms with Crippen LogP contribution in [0.4, 0.5) is 33.3 Å². The van der Waals surface area contributed by atoms with Crippen molar-refractivity contribution in [1.82, 2.24) is 10.6 Å². The van der Waals surface area contributed by atoms with E-state index in [1.54, 1.807) is 18.2 Å². The summed E-state index contributed by atoms with van der Waals surface area (Å²) in [4.78, 5) is 24.0. The number of hydrogen-bond donors (Lipinski definition) is 3. The summed E-state index contributed by atoms with van der Waals surface area (Å²) in [5.74, 6) is -2.71. The zero-order valence-corrected chi connectivity index (χ0v) is 27.6. The maximum atomic E-state index is 13.5. The van der Waals surface area contributed by atoms with Crippen molar-refractivity contribution < 1.29 is 36.6 Å². The van der Waals surface area contributed by atoms with Gasteiger partial charge in [0.25, 0.3) is 0 Å². The highest BCUT2D eigenvalue weighted by atomic mass is 35.5. The first kappa shape index (κ1) is 41.2. The van der Waals surface area contributed by atoms with Crippen LogP contribution in [0.5, 0.6) is 0 Å². The van der Waals surface area contributed by atoms with Crippen LogP contribution in [0.1, 0.15) is 36.1 Å². The number of piperazine rings is 1. The zero-order valence-electron chi connectivity index (χ0n) is 26.9. The summed E-state index contributed by atoms with van der Waals surface area (Å²) in [5, 5.41) is 21.8. The third-order valence-electron chi connectivity index (χ3n) is 6.74. The Morgan fingerprint density at radius 1 is 1.17 bits per heavy atom. The summed E-state index contributed by atoms with van der Waals surface area (Å²) in [7, 11) is 0. The molecule has 0 radical (unpaired) electrons. The summed E-state index contributed by atoms with van der Waals surface area (Å²) in [6.07, 6.45) is -2.35. The number of nitriles is 1. The summed E-state index contributed by atoms with van der Waals surface area (Å²) < 4.78 is 65.6. The lowest BCUT2D eigenvalue weighted by molar-refractivity contribution is -0.149. The predicted octanol–water partition coefficient (Wildman–Crippen LogP) is 7.62. The van der Waals surface area contributed by atoms with E-state index < -0.39 is 29.8 Å². The number of carbonyl (C=O) groups is 2. The van der Waals surface area contributed by atoms with E-state index in [2.05, 4.69) is 29.7 Å². The molecule has 1 amide bonds. The Morgan fingerprint density at radius 3 is 2.23 bits per heavy atom. The Labute approximate surface area is 281 Å². The van der Waals surface area contributed by atoms with Crippen molar-refractivity contribution in [2.45, 2.75) is 39.9 Å². The number of aliphatic imine (C=N–C) groups is 1. The molecule has 3 aromatic rings. The molecule has 1 heterocycles. The third-order valence-corrected chi connectivity index (χ3v) is 7.05. The topological polar surface area (TPSA) is 118 Å². The third kappa shape index (κ3) is 11.5. The Hall–Kier alpha value is -4.80. The van der Waals surface area contributed by atoms with Crippen molar-refractivity contribution in [3.8, 4) is 17.2 Å². The highest BCUT2D eigenvalue weighted by Crippen LogP contribution is 2.39. The second-order valence-corrected chi connectivity index (χ2v) is 10.2. The quantitative estimate of drug-likeness (QED) is 0.133. The van der Waals surface area contributed by atoms with Gasteiger partial charge < -0.3 is 20.6 Å². The molecule has 0 bridgehead atoms. The molecule has 1 aliphatic rings. The normalized spacial score (nSPS) is 13.5. The van der Waals surface area contributed by atoms with E-state index in [0.29, 0.717) is 23.5 Å². The standard InChI is InChI=1S/C17H13ClN2.C12H13F5N2.C3H5NO3.C2H6/c1-4-13-11(2)5-7-15(17(13)20-3)14-8-6-12(10-19)9-16(14)18;1-7-9(13)4-8(5-10(7)14)19-3-2-18-6-11(19)12(15,16)17;5-2-4-1-3(6)7;1-2/h4-9H,1,3H2,2H3;4-5,11,18H,2-3,6H2,1H3;2H,1H2,(H,4,5)(H,6,7);1-2H3. The van der Waals surface area contributed by atoms with Gasteiger partial charge in [-0.15, -0.1) is 0 Å². The second kappa shape index (κ2) is 19.8. The molecule has 4 rings (SSSR count). The molecule has 1 aliphatic heterocycles. The first-order chi connectivity index (χ1) is 22.7. The number of hydrogen-bond acceptors (Lipinski definition) is 6. The number of carboxylic acids is 1. The van der Waals surface area contributed by atoms with E-state index in [9.17, 15) is 31.5 Å². The van der Waals surface area contributed by atoms with E-state index in [1.807, 2.05) is 44.3 Å². The Bertz CT molecular complexity index is 1600. The van der Waals surface area contributed by atoms with Crippen molar-refractivity contribution in [2.24, 2.45) is 4.99 Å². The molecule has 14 heteroatoms. The Kier molecular flexibility index (Phi) is 17.0. The lowest BCUT2D eigenvalue weighted by Gasteiger charge is -2.38. The second-order valence-electron chi connectivity index (χ2n) is 9.74. The summed E-state index contributed by atoms with van der Waals surface area (Å²) >= 11 is 6.27. The van der Waals surface area contributed by atoms with Gasteiger partial charge in [-0.05, 0) is 50.4 Å². The van der Waals surface area contributed by atoms with Gasteiger partial charge in [0.15, 0.2) is 0 Å². The SMILES string of the molecule is C=Cc1c(C)ccc(-c2ccc(C#N)cc2Cl)c1N=C.CC.Cc1c(F)cc(N2CCNCC2C(F)(F)F)cc1F.O=CNCC(=O)O. The Balaban J connectivity index is 0.000000386. The molecule has 0 aliphatic carbocycles. The van der Waals surface area contributed by atoms with Crippen LogP contribution < -0.4 is 15.5 Å². The van der Waals surface area contributed by atoms with Gasteiger partial charge in [-0.25, -0.2) is 8.78 Å². The van der Waals surface area contributed by atoms with E-state index >= 15 is 0 Å². The lowest BCUT2D eigenvalue weighted by atomic mass is 9.96. The maximum absolute atomic E-state index is 13.5. The minimum absolute atomic E-state index is 0.0477. The average molecular weight is 694 g/mol. The fourth-order valence-electron chi connectivity index (χ4n) is 4.39. The van der Waals surface area contributed by atoms with Crippen molar-refractivity contribution in [1.29, 1.82) is 5.26 Å². The molecule has 0 aromatic heterocycles. The lowest BCUT2D eigenvalue weighted by Crippen LogP contribution is -2.58. The number of aliphatic carboxylic acids is 1. The first-order valence-corrected chi connectivity index (χ1v) is 14.9. The number of aryl methyl sites for hydroxylation is 1. The summed E-state index contributed by atoms with van der Waals surface area (Å²) in [6, 6.07) is 11.4. The van der Waals surface area contributed by atoms with Gasteiger partial charge in [-0.3, -0.25) is 14.6 Å². The average Bonchev–Trinajstić information content (AvgIpc) is 3.07. The minimum Gasteiger partial charge on any atom is -0.480 e. The predicted molar refractivity (Wildman–Crippen MR) is 180 cm³/mol. The van der Waals surface area contributed by atoms with Gasteiger partial charge in [0, 0.05) is 52.6 Å². The molecule has 1 unspecified atom stereocenters. The van der Waals surface area contributed by atoms with Crippen LogP contribution in [0.2, 0.25) is 5.02 Å². The molecule has 1 fully saturated rings. The largest absolute Gasteiger partial charge is 0.480 e. The smallest absolute Gasteiger partial charge is 0.409 e. The maximum Gasteiger partial charge on any atom is 0.409 e. The molecule has 0 saturated carbocycles. The number of halogens is 6. The van der Waals surface area contributed by atoms with Crippen molar-refractivity contribution >= 4 is 48.1 Å². The molecular weight excluding hydrogens is 657 g/mol. The van der Waals surface area contributed by atoms with Crippen LogP contribution >= 0.6 is 11.6 Å². The molecule has 3 aromatic carbocycles. The highest BCUT2D eigenvalue weighted by Gasteiger charge is 2.45. The van der Waals surface area contributed by atoms with Crippen LogP contribution in [0.25, 0.3) is 17.2 Å². The molecule has 258 valence electrons. The van der Waals surface area contributed by atoms with E-state index in [1.165, 1.54) is 6.92 Å². The van der Waals surface area contributed by atoms with Crippen molar-refractivity contribution in [3.63, 3.8) is 0 Å². The van der Waals surface area contributed by atoms with E-state index in [4.69, 9.17) is 22.0 Å². The number of benzene rings is 3. The van der Waals surface area contributed by atoms with Gasteiger partial charge in [0.05, 0.1) is 17.3 Å². The number of nitrogens with zero attached hydrogens (tertiary/aromatic N) is 3. The molecule has 0 spiro atoms. The summed E-state index contributed by atoms with van der Waals surface area (Å²) in [5.41, 5.74) is 4.75. The van der Waals surface area contributed by atoms with E-state index in [0.717, 1.165) is 45.0 Å². The number of anilines is 1. The zero-order chi connectivity index (χ0) is 36.6. The number of rotatable bonds is 7. The van der Waals surface area contributed by atoms with Gasteiger partial charge in [0.2, 0.25) is 6.41 Å². The molecule has 1 saturated heterocycles. The molecule has 1 atom stereocenters. The van der Waals surface area contributed by atoms with Gasteiger partial charge >= 0.3 is 12.1 Å². The number of carbonyl (C=O) groups excluding carboxylic acids is 1. The van der Waals surface area contributed by atoms with Gasteiger partial charge in [-0.2, -0.15) is 18.4 Å². The van der Waals surface area contributed by atoms with Crippen LogP contribution in [-0.2, 0) is 9.59 Å². The number of amides is 1. The number of alkyl halides is 3. The summed E-state index contributed by atoms with van der Waals surface area (Å²) in [6.45, 7) is 14.5. The van der Waals surface area contributed by atoms with Crippen molar-refractivity contribution in [2.75, 3.05) is 31.1 Å². The van der Waals surface area contributed by atoms with Crippen LogP contribution in [-0.4, -0.2) is 62.6 Å². The Morgan fingerprint density at radius 2 is 1.77 bits per heavy atom. The molecule has 3 N–H and O–H groups in total.